The number of nitrogens with zero attached hydrogens (tertiary/aromatic N) is 2. The van der Waals surface area contributed by atoms with Crippen molar-refractivity contribution >= 4 is 0 Å². The molecule has 1 heterocycles. The van der Waals surface area contributed by atoms with Crippen LogP contribution in [0.5, 0.6) is 0 Å². The molecule has 0 radical (unpaired) electrons. The van der Waals surface area contributed by atoms with Gasteiger partial charge in [0, 0.05) is 18.8 Å². The minimum atomic E-state index is 0.171. The summed E-state index contributed by atoms with van der Waals surface area (Å²) in [5, 5.41) is 4.31. The van der Waals surface area contributed by atoms with Crippen LogP contribution in [0, 0.1) is 11.8 Å². The Kier molecular flexibility index (Phi) is 3.64. The molecule has 3 heteroatoms. The Balaban J connectivity index is 2.09. The molecule has 3 atom stereocenters. The molecule has 16 heavy (non-hydrogen) atoms. The SMILES string of the molecule is CCn1nccc1C(N)C1CCCC(C)C1. The molecule has 2 N–H and O–H groups in total. The second-order valence-corrected chi connectivity index (χ2v) is 5.13. The van der Waals surface area contributed by atoms with Crippen LogP contribution >= 0.6 is 0 Å². The van der Waals surface area contributed by atoms with E-state index in [2.05, 4.69) is 25.0 Å². The molecule has 0 bridgehead atoms. The van der Waals surface area contributed by atoms with E-state index in [1.54, 1.807) is 0 Å². The third kappa shape index (κ3) is 2.29. The van der Waals surface area contributed by atoms with Gasteiger partial charge in [0.05, 0.1) is 5.69 Å². The summed E-state index contributed by atoms with van der Waals surface area (Å²) < 4.78 is 2.03. The Hall–Kier alpha value is -0.830. The van der Waals surface area contributed by atoms with Gasteiger partial charge in [0.2, 0.25) is 0 Å². The molecule has 0 aromatic carbocycles. The van der Waals surface area contributed by atoms with E-state index in [4.69, 9.17) is 5.73 Å². The van der Waals surface area contributed by atoms with E-state index in [0.29, 0.717) is 5.92 Å². The number of nitrogens with two attached hydrogens (primary N) is 1. The van der Waals surface area contributed by atoms with E-state index in [0.717, 1.165) is 12.5 Å². The van der Waals surface area contributed by atoms with Gasteiger partial charge in [-0.1, -0.05) is 19.8 Å². The summed E-state index contributed by atoms with van der Waals surface area (Å²) in [6.07, 6.45) is 7.12. The number of aryl methyl sites for hydroxylation is 1. The first-order valence-electron chi connectivity index (χ1n) is 6.49. The Morgan fingerprint density at radius 3 is 3.06 bits per heavy atom. The zero-order chi connectivity index (χ0) is 11.5. The summed E-state index contributed by atoms with van der Waals surface area (Å²) in [7, 11) is 0. The molecular weight excluding hydrogens is 198 g/mol. The highest BCUT2D eigenvalue weighted by atomic mass is 15.3. The molecule has 0 spiro atoms. The minimum Gasteiger partial charge on any atom is -0.322 e. The summed E-state index contributed by atoms with van der Waals surface area (Å²) in [4.78, 5) is 0. The van der Waals surface area contributed by atoms with Crippen LogP contribution in [-0.4, -0.2) is 9.78 Å². The van der Waals surface area contributed by atoms with Gasteiger partial charge in [-0.15, -0.1) is 0 Å². The molecule has 1 aromatic heterocycles. The number of hydrogen-bond donors (Lipinski definition) is 1. The normalized spacial score (nSPS) is 27.9. The average molecular weight is 221 g/mol. The first-order chi connectivity index (χ1) is 7.72. The van der Waals surface area contributed by atoms with E-state index in [1.807, 2.05) is 10.9 Å². The molecule has 1 aliphatic carbocycles. The van der Waals surface area contributed by atoms with Crippen LogP contribution in [0.4, 0.5) is 0 Å². The van der Waals surface area contributed by atoms with Crippen LogP contribution in [-0.2, 0) is 6.54 Å². The molecule has 3 nitrogen and oxygen atoms in total. The van der Waals surface area contributed by atoms with Gasteiger partial charge < -0.3 is 5.73 Å². The lowest BCUT2D eigenvalue weighted by molar-refractivity contribution is 0.242. The minimum absolute atomic E-state index is 0.171. The summed E-state index contributed by atoms with van der Waals surface area (Å²) in [5.41, 5.74) is 7.60. The van der Waals surface area contributed by atoms with Crippen molar-refractivity contribution in [3.8, 4) is 0 Å². The van der Waals surface area contributed by atoms with Crippen molar-refractivity contribution in [3.05, 3.63) is 18.0 Å². The first-order valence-corrected chi connectivity index (χ1v) is 6.49. The standard InChI is InChI=1S/C13H23N3/c1-3-16-12(7-8-15-16)13(14)11-6-4-5-10(2)9-11/h7-8,10-11,13H,3-6,9,14H2,1-2H3. The molecule has 90 valence electrons. The lowest BCUT2D eigenvalue weighted by atomic mass is 9.78. The molecular formula is C13H23N3. The molecule has 0 aliphatic heterocycles. The van der Waals surface area contributed by atoms with E-state index in [9.17, 15) is 0 Å². The van der Waals surface area contributed by atoms with Crippen LogP contribution in [0.15, 0.2) is 12.3 Å². The maximum atomic E-state index is 6.39. The lowest BCUT2D eigenvalue weighted by Crippen LogP contribution is -2.28. The number of aromatic nitrogens is 2. The Morgan fingerprint density at radius 1 is 1.56 bits per heavy atom. The Labute approximate surface area is 98.0 Å². The van der Waals surface area contributed by atoms with Crippen molar-refractivity contribution < 1.29 is 0 Å². The third-order valence-corrected chi connectivity index (χ3v) is 3.88. The van der Waals surface area contributed by atoms with E-state index in [1.165, 1.54) is 31.4 Å². The summed E-state index contributed by atoms with van der Waals surface area (Å²) in [6, 6.07) is 2.25. The van der Waals surface area contributed by atoms with Crippen molar-refractivity contribution in [2.75, 3.05) is 0 Å². The Bertz CT molecular complexity index is 332. The molecule has 3 unspecified atom stereocenters. The highest BCUT2D eigenvalue weighted by Gasteiger charge is 2.26. The van der Waals surface area contributed by atoms with E-state index < -0.39 is 0 Å². The number of hydrogen-bond acceptors (Lipinski definition) is 2. The van der Waals surface area contributed by atoms with Crippen LogP contribution < -0.4 is 5.73 Å². The predicted octanol–water partition coefficient (Wildman–Crippen LogP) is 2.73. The van der Waals surface area contributed by atoms with Crippen LogP contribution in [0.3, 0.4) is 0 Å². The van der Waals surface area contributed by atoms with Crippen LogP contribution in [0.2, 0.25) is 0 Å². The quantitative estimate of drug-likeness (QED) is 0.853. The van der Waals surface area contributed by atoms with Gasteiger partial charge >= 0.3 is 0 Å². The Morgan fingerprint density at radius 2 is 2.38 bits per heavy atom. The third-order valence-electron chi connectivity index (χ3n) is 3.88. The van der Waals surface area contributed by atoms with Crippen molar-refractivity contribution in [1.82, 2.24) is 9.78 Å². The van der Waals surface area contributed by atoms with Crippen molar-refractivity contribution in [2.45, 2.75) is 52.1 Å². The molecule has 0 saturated heterocycles. The second-order valence-electron chi connectivity index (χ2n) is 5.13. The highest BCUT2D eigenvalue weighted by molar-refractivity contribution is 5.08. The molecule has 1 aromatic rings. The van der Waals surface area contributed by atoms with Crippen molar-refractivity contribution in [1.29, 1.82) is 0 Å². The van der Waals surface area contributed by atoms with Gasteiger partial charge in [-0.05, 0) is 37.7 Å². The molecule has 1 saturated carbocycles. The maximum Gasteiger partial charge on any atom is 0.0554 e. The number of rotatable bonds is 3. The fraction of sp³-hybridized carbons (Fsp3) is 0.769. The van der Waals surface area contributed by atoms with Gasteiger partial charge in [0.1, 0.15) is 0 Å². The molecule has 1 fully saturated rings. The van der Waals surface area contributed by atoms with Crippen LogP contribution in [0.1, 0.15) is 51.3 Å². The van der Waals surface area contributed by atoms with Gasteiger partial charge in [-0.3, -0.25) is 4.68 Å². The smallest absolute Gasteiger partial charge is 0.0554 e. The largest absolute Gasteiger partial charge is 0.322 e. The molecule has 2 rings (SSSR count). The highest BCUT2D eigenvalue weighted by Crippen LogP contribution is 2.35. The van der Waals surface area contributed by atoms with Crippen molar-refractivity contribution in [3.63, 3.8) is 0 Å². The van der Waals surface area contributed by atoms with E-state index in [-0.39, 0.29) is 6.04 Å². The average Bonchev–Trinajstić information content (AvgIpc) is 2.76. The van der Waals surface area contributed by atoms with Gasteiger partial charge in [-0.25, -0.2) is 0 Å². The second kappa shape index (κ2) is 5.00. The zero-order valence-electron chi connectivity index (χ0n) is 10.4. The fourth-order valence-electron chi connectivity index (χ4n) is 2.94. The lowest BCUT2D eigenvalue weighted by Gasteiger charge is -2.31. The molecule has 0 amide bonds. The van der Waals surface area contributed by atoms with Gasteiger partial charge in [-0.2, -0.15) is 5.10 Å². The van der Waals surface area contributed by atoms with Crippen molar-refractivity contribution in [2.24, 2.45) is 17.6 Å². The first kappa shape index (κ1) is 11.6. The fourth-order valence-corrected chi connectivity index (χ4v) is 2.94. The van der Waals surface area contributed by atoms with Gasteiger partial charge in [0.25, 0.3) is 0 Å². The maximum absolute atomic E-state index is 6.39. The molecule has 1 aliphatic rings. The topological polar surface area (TPSA) is 43.8 Å². The summed E-state index contributed by atoms with van der Waals surface area (Å²) >= 11 is 0. The van der Waals surface area contributed by atoms with E-state index >= 15 is 0 Å². The summed E-state index contributed by atoms with van der Waals surface area (Å²) in [6.45, 7) is 5.38. The predicted molar refractivity (Wildman–Crippen MR) is 66.0 cm³/mol. The van der Waals surface area contributed by atoms with Crippen LogP contribution in [0.25, 0.3) is 0 Å². The monoisotopic (exact) mass is 221 g/mol. The zero-order valence-corrected chi connectivity index (χ0v) is 10.4. The van der Waals surface area contributed by atoms with Gasteiger partial charge in [0.15, 0.2) is 0 Å². The summed E-state index contributed by atoms with van der Waals surface area (Å²) in [5.74, 6) is 1.48.